The maximum absolute atomic E-state index is 15.1. The van der Waals surface area contributed by atoms with Crippen LogP contribution < -0.4 is 31.7 Å². The number of fused-ring (bicyclic) bond motifs is 1. The number of amides is 1. The van der Waals surface area contributed by atoms with Crippen LogP contribution in [0, 0.1) is 12.7 Å². The second kappa shape index (κ2) is 15.4. The maximum atomic E-state index is 15.1. The molecule has 1 fully saturated rings. The molecule has 1 saturated heterocycles. The standard InChI is InChI=1S/C41H45FN6O6SSi/c1-27-35-36(50)47(41(5)24-34(49)43-26-41)39(51)46(38(35)55-37(27)48-44-19-20-45-48)25-33(31-23-28(42)17-18-32(31)52-6)53-21-22-54-56(40(2,3)4,29-13-9-7-10-14-29)30-15-11-8-12-16-30/h7-20,23,33H,21-22,24-26H2,1-6H3,(H,43,49)/t33-,41+/m0/s1. The fraction of sp³-hybridized carbons (Fsp3) is 0.341. The lowest BCUT2D eigenvalue weighted by molar-refractivity contribution is -0.119. The summed E-state index contributed by atoms with van der Waals surface area (Å²) in [6.45, 7) is 10.3. The summed E-state index contributed by atoms with van der Waals surface area (Å²) in [7, 11) is -1.44. The summed E-state index contributed by atoms with van der Waals surface area (Å²) in [6.07, 6.45) is 2.06. The molecule has 15 heteroatoms. The average Bonchev–Trinajstić information content (AvgIpc) is 3.92. The lowest BCUT2D eigenvalue weighted by Crippen LogP contribution is -2.66. The van der Waals surface area contributed by atoms with Gasteiger partial charge in [-0.2, -0.15) is 10.2 Å². The van der Waals surface area contributed by atoms with Gasteiger partial charge in [0, 0.05) is 17.7 Å². The molecule has 7 rings (SSSR count). The molecule has 56 heavy (non-hydrogen) atoms. The molecular formula is C41H45FN6O6SSi. The summed E-state index contributed by atoms with van der Waals surface area (Å²) in [5.41, 5.74) is -1.34. The van der Waals surface area contributed by atoms with E-state index in [0.717, 1.165) is 10.4 Å². The van der Waals surface area contributed by atoms with Crippen LogP contribution in [-0.4, -0.2) is 65.2 Å². The Kier molecular flexibility index (Phi) is 10.7. The number of halogens is 1. The highest BCUT2D eigenvalue weighted by molar-refractivity contribution is 7.21. The molecule has 0 bridgehead atoms. The Morgan fingerprint density at radius 2 is 1.61 bits per heavy atom. The van der Waals surface area contributed by atoms with E-state index < -0.39 is 37.0 Å². The van der Waals surface area contributed by atoms with Crippen LogP contribution in [-0.2, 0) is 26.0 Å². The Bertz CT molecular complexity index is 2440. The van der Waals surface area contributed by atoms with E-state index in [2.05, 4.69) is 60.6 Å². The summed E-state index contributed by atoms with van der Waals surface area (Å²) >= 11 is 1.19. The first-order chi connectivity index (χ1) is 26.8. The Balaban J connectivity index is 1.33. The highest BCUT2D eigenvalue weighted by atomic mass is 32.1. The van der Waals surface area contributed by atoms with Crippen LogP contribution in [0.5, 0.6) is 5.75 Å². The molecule has 0 radical (unpaired) electrons. The molecule has 12 nitrogen and oxygen atoms in total. The number of rotatable bonds is 13. The van der Waals surface area contributed by atoms with Gasteiger partial charge in [0.2, 0.25) is 5.91 Å². The zero-order valence-electron chi connectivity index (χ0n) is 32.2. The molecular weight excluding hydrogens is 752 g/mol. The molecule has 0 spiro atoms. The van der Waals surface area contributed by atoms with Gasteiger partial charge in [-0.25, -0.2) is 9.18 Å². The van der Waals surface area contributed by atoms with Crippen LogP contribution in [0.15, 0.2) is 101 Å². The predicted octanol–water partition coefficient (Wildman–Crippen LogP) is 4.83. The van der Waals surface area contributed by atoms with E-state index >= 15 is 4.39 Å². The first-order valence-corrected chi connectivity index (χ1v) is 21.1. The van der Waals surface area contributed by atoms with Crippen molar-refractivity contribution >= 4 is 46.2 Å². The topological polar surface area (TPSA) is 132 Å². The van der Waals surface area contributed by atoms with Crippen molar-refractivity contribution in [3.8, 4) is 10.8 Å². The Morgan fingerprint density at radius 1 is 0.964 bits per heavy atom. The first kappa shape index (κ1) is 39.0. The lowest BCUT2D eigenvalue weighted by atomic mass is 10.0. The number of carbonyl (C=O) groups excluding carboxylic acids is 1. The number of methoxy groups -OCH3 is 1. The van der Waals surface area contributed by atoms with E-state index in [1.165, 1.54) is 63.0 Å². The number of hydrogen-bond donors (Lipinski definition) is 1. The number of benzene rings is 3. The van der Waals surface area contributed by atoms with Crippen LogP contribution >= 0.6 is 11.3 Å². The molecule has 1 aliphatic rings. The van der Waals surface area contributed by atoms with Crippen molar-refractivity contribution in [2.75, 3.05) is 26.9 Å². The first-order valence-electron chi connectivity index (χ1n) is 18.4. The number of nitrogens with zero attached hydrogens (tertiary/aromatic N) is 5. The van der Waals surface area contributed by atoms with Gasteiger partial charge < -0.3 is 19.2 Å². The van der Waals surface area contributed by atoms with Gasteiger partial charge in [-0.3, -0.25) is 18.7 Å². The largest absolute Gasteiger partial charge is 0.496 e. The third kappa shape index (κ3) is 6.93. The van der Waals surface area contributed by atoms with Crippen LogP contribution in [0.4, 0.5) is 4.39 Å². The van der Waals surface area contributed by atoms with Crippen molar-refractivity contribution in [1.82, 2.24) is 29.4 Å². The van der Waals surface area contributed by atoms with Crippen molar-refractivity contribution in [3.05, 3.63) is 129 Å². The highest BCUT2D eigenvalue weighted by Gasteiger charge is 2.50. The van der Waals surface area contributed by atoms with Gasteiger partial charge in [0.05, 0.1) is 56.6 Å². The number of carbonyl (C=O) groups is 1. The van der Waals surface area contributed by atoms with Gasteiger partial charge in [-0.05, 0) is 47.5 Å². The number of aromatic nitrogens is 5. The lowest BCUT2D eigenvalue weighted by Gasteiger charge is -2.43. The van der Waals surface area contributed by atoms with E-state index in [1.54, 1.807) is 13.8 Å². The molecule has 2 atom stereocenters. The van der Waals surface area contributed by atoms with Crippen molar-refractivity contribution in [2.45, 2.75) is 64.3 Å². The van der Waals surface area contributed by atoms with E-state index in [-0.39, 0.29) is 43.7 Å². The van der Waals surface area contributed by atoms with E-state index in [4.69, 9.17) is 13.9 Å². The van der Waals surface area contributed by atoms with Gasteiger partial charge in [0.25, 0.3) is 13.9 Å². The monoisotopic (exact) mass is 796 g/mol. The van der Waals surface area contributed by atoms with Gasteiger partial charge in [0.1, 0.15) is 27.5 Å². The fourth-order valence-corrected chi connectivity index (χ4v) is 13.7. The second-order valence-corrected chi connectivity index (χ2v) is 20.6. The molecule has 3 aromatic heterocycles. The van der Waals surface area contributed by atoms with Crippen molar-refractivity contribution < 1.29 is 23.1 Å². The molecule has 3 aromatic carbocycles. The minimum atomic E-state index is -2.92. The summed E-state index contributed by atoms with van der Waals surface area (Å²) in [4.78, 5) is 43.4. The molecule has 0 aliphatic carbocycles. The highest BCUT2D eigenvalue weighted by Crippen LogP contribution is 2.38. The quantitative estimate of drug-likeness (QED) is 0.130. The minimum absolute atomic E-state index is 0.0539. The molecule has 1 amide bonds. The third-order valence-electron chi connectivity index (χ3n) is 10.6. The van der Waals surface area contributed by atoms with Crippen LogP contribution in [0.2, 0.25) is 5.04 Å². The maximum Gasteiger partial charge on any atom is 0.332 e. The van der Waals surface area contributed by atoms with E-state index in [0.29, 0.717) is 32.1 Å². The van der Waals surface area contributed by atoms with Crippen molar-refractivity contribution in [1.29, 1.82) is 0 Å². The summed E-state index contributed by atoms with van der Waals surface area (Å²) < 4.78 is 37.2. The second-order valence-electron chi connectivity index (χ2n) is 15.3. The van der Waals surface area contributed by atoms with Crippen LogP contribution in [0.1, 0.15) is 51.3 Å². The summed E-state index contributed by atoms with van der Waals surface area (Å²) in [5, 5.41) is 14.2. The molecule has 1 aliphatic heterocycles. The van der Waals surface area contributed by atoms with E-state index in [9.17, 15) is 14.4 Å². The molecule has 0 saturated carbocycles. The van der Waals surface area contributed by atoms with Gasteiger partial charge in [-0.15, -0.1) is 4.80 Å². The number of thiophene rings is 1. The van der Waals surface area contributed by atoms with Gasteiger partial charge >= 0.3 is 5.69 Å². The van der Waals surface area contributed by atoms with Crippen molar-refractivity contribution in [3.63, 3.8) is 0 Å². The van der Waals surface area contributed by atoms with Gasteiger partial charge in [-0.1, -0.05) is 92.8 Å². The number of nitrogens with one attached hydrogen (secondary N) is 1. The SMILES string of the molecule is COc1ccc(F)cc1[C@H](Cn1c(=O)n([C@@]2(C)CNC(=O)C2)c(=O)c2c(C)c(-n3nccn3)sc21)OCCO[Si](c1ccccc1)(c1ccccc1)C(C)(C)C. The Hall–Kier alpha value is -5.22. The fourth-order valence-electron chi connectivity index (χ4n) is 7.91. The minimum Gasteiger partial charge on any atom is -0.496 e. The van der Waals surface area contributed by atoms with E-state index in [1.807, 2.05) is 36.4 Å². The summed E-state index contributed by atoms with van der Waals surface area (Å²) in [5.74, 6) is -0.411. The zero-order chi connectivity index (χ0) is 39.8. The normalized spacial score (nSPS) is 16.7. The van der Waals surface area contributed by atoms with Crippen LogP contribution in [0.3, 0.4) is 0 Å². The molecule has 6 aromatic rings. The zero-order valence-corrected chi connectivity index (χ0v) is 34.1. The molecule has 292 valence electrons. The number of hydrogen-bond acceptors (Lipinski definition) is 9. The predicted molar refractivity (Wildman–Crippen MR) is 216 cm³/mol. The van der Waals surface area contributed by atoms with Crippen molar-refractivity contribution in [2.24, 2.45) is 0 Å². The average molecular weight is 797 g/mol. The number of ether oxygens (including phenoxy) is 2. The smallest absolute Gasteiger partial charge is 0.332 e. The van der Waals surface area contributed by atoms with Gasteiger partial charge in [0.15, 0.2) is 0 Å². The molecule has 4 heterocycles. The number of aryl methyl sites for hydroxylation is 1. The van der Waals surface area contributed by atoms with Crippen LogP contribution in [0.25, 0.3) is 15.2 Å². The molecule has 1 N–H and O–H groups in total. The molecule has 0 unspecified atom stereocenters. The summed E-state index contributed by atoms with van der Waals surface area (Å²) in [6, 6.07) is 24.7. The Labute approximate surface area is 328 Å². The third-order valence-corrected chi connectivity index (χ3v) is 16.9. The Morgan fingerprint density at radius 3 is 2.18 bits per heavy atom.